The number of aliphatic hydroxyl groups is 1. The largest absolute Gasteiger partial charge is 0.412 e. The van der Waals surface area contributed by atoms with Gasteiger partial charge in [0.15, 0.2) is 0 Å². The minimum Gasteiger partial charge on any atom is -0.403 e. The summed E-state index contributed by atoms with van der Waals surface area (Å²) >= 11 is 5.93. The van der Waals surface area contributed by atoms with Crippen molar-refractivity contribution in [2.75, 3.05) is 19.6 Å². The molecule has 9 heteroatoms. The van der Waals surface area contributed by atoms with Crippen molar-refractivity contribution in [1.82, 2.24) is 10.2 Å². The lowest BCUT2D eigenvalue weighted by molar-refractivity contribution is -0.385. The molecule has 4 aromatic carbocycles. The molecular formula is C33H32ClN3O5. The van der Waals surface area contributed by atoms with Crippen molar-refractivity contribution in [3.8, 4) is 16.9 Å². The Hall–Kier alpha value is -4.24. The molecule has 0 aliphatic carbocycles. The topological polar surface area (TPSA) is 105 Å². The van der Waals surface area contributed by atoms with Gasteiger partial charge in [-0.1, -0.05) is 84.4 Å². The quantitative estimate of drug-likeness (QED) is 0.167. The summed E-state index contributed by atoms with van der Waals surface area (Å²) in [7, 11) is 0. The molecule has 4 aromatic rings. The Morgan fingerprint density at radius 1 is 0.929 bits per heavy atom. The number of carbonyl (C=O) groups excluding carboxylic acids is 1. The van der Waals surface area contributed by atoms with Crippen molar-refractivity contribution in [3.63, 3.8) is 0 Å². The monoisotopic (exact) mass is 585 g/mol. The van der Waals surface area contributed by atoms with Gasteiger partial charge in [-0.3, -0.25) is 15.0 Å². The summed E-state index contributed by atoms with van der Waals surface area (Å²) in [4.78, 5) is 25.8. The first-order valence-corrected chi connectivity index (χ1v) is 14.2. The number of amides is 1. The lowest BCUT2D eigenvalue weighted by Crippen LogP contribution is -2.42. The van der Waals surface area contributed by atoms with Crippen LogP contribution in [-0.4, -0.2) is 40.7 Å². The van der Waals surface area contributed by atoms with Gasteiger partial charge in [0.2, 0.25) is 5.75 Å². The zero-order valence-electron chi connectivity index (χ0n) is 23.0. The van der Waals surface area contributed by atoms with Crippen LogP contribution in [0, 0.1) is 10.1 Å². The van der Waals surface area contributed by atoms with Gasteiger partial charge >= 0.3 is 11.8 Å². The van der Waals surface area contributed by atoms with Crippen LogP contribution in [0.5, 0.6) is 5.75 Å². The lowest BCUT2D eigenvalue weighted by atomic mass is 9.84. The smallest absolute Gasteiger partial charge is 0.403 e. The average Bonchev–Trinajstić information content (AvgIpc) is 3.00. The predicted octanol–water partition coefficient (Wildman–Crippen LogP) is 6.73. The molecule has 1 amide bonds. The van der Waals surface area contributed by atoms with Crippen molar-refractivity contribution in [1.29, 1.82) is 0 Å². The number of nitrogens with one attached hydrogen (secondary N) is 1. The summed E-state index contributed by atoms with van der Waals surface area (Å²) in [5.74, 6) is -0.125. The van der Waals surface area contributed by atoms with Gasteiger partial charge in [-0.05, 0) is 65.3 Å². The number of hydrogen-bond donors (Lipinski definition) is 2. The number of nitrogens with zero attached hydrogens (tertiary/aromatic N) is 2. The molecule has 1 aliphatic heterocycles. The normalized spacial score (nSPS) is 14.7. The minimum absolute atomic E-state index is 0.125. The van der Waals surface area contributed by atoms with E-state index in [1.165, 1.54) is 17.7 Å². The first kappa shape index (κ1) is 29.3. The second-order valence-electron chi connectivity index (χ2n) is 10.5. The molecule has 0 radical (unpaired) electrons. The van der Waals surface area contributed by atoms with Gasteiger partial charge in [0.1, 0.15) is 0 Å². The van der Waals surface area contributed by atoms with Crippen molar-refractivity contribution in [2.45, 2.75) is 31.4 Å². The van der Waals surface area contributed by atoms with Gasteiger partial charge in [-0.2, -0.15) is 0 Å². The van der Waals surface area contributed by atoms with Crippen LogP contribution in [0.15, 0.2) is 97.1 Å². The SMILES string of the molecule is O=C(NCCc1ccc(CN2CCC(O)(c3ccccc3)CC2)cc1)Oc1ccc(-c2ccc(Cl)cc2)cc1[N+](=O)[O-]. The van der Waals surface area contributed by atoms with E-state index in [1.54, 1.807) is 30.3 Å². The number of benzene rings is 4. The van der Waals surface area contributed by atoms with E-state index in [4.69, 9.17) is 16.3 Å². The lowest BCUT2D eigenvalue weighted by Gasteiger charge is -2.38. The molecule has 0 unspecified atom stereocenters. The molecule has 0 spiro atoms. The van der Waals surface area contributed by atoms with Crippen molar-refractivity contribution in [2.24, 2.45) is 0 Å². The third-order valence-corrected chi connectivity index (χ3v) is 7.89. The molecular weight excluding hydrogens is 554 g/mol. The zero-order chi connectivity index (χ0) is 29.5. The summed E-state index contributed by atoms with van der Waals surface area (Å²) in [6, 6.07) is 29.5. The van der Waals surface area contributed by atoms with Gasteiger partial charge in [0.05, 0.1) is 10.5 Å². The zero-order valence-corrected chi connectivity index (χ0v) is 23.8. The summed E-state index contributed by atoms with van der Waals surface area (Å²) in [6.07, 6.45) is 1.23. The summed E-state index contributed by atoms with van der Waals surface area (Å²) in [6.45, 7) is 2.77. The molecule has 0 saturated carbocycles. The van der Waals surface area contributed by atoms with Crippen molar-refractivity contribution in [3.05, 3.63) is 129 Å². The molecule has 1 fully saturated rings. The maximum Gasteiger partial charge on any atom is 0.412 e. The number of nitro benzene ring substituents is 1. The summed E-state index contributed by atoms with van der Waals surface area (Å²) < 4.78 is 5.27. The number of piperidine rings is 1. The maximum atomic E-state index is 12.4. The fraction of sp³-hybridized carbons (Fsp3) is 0.242. The highest BCUT2D eigenvalue weighted by Crippen LogP contribution is 2.34. The molecule has 2 N–H and O–H groups in total. The molecule has 216 valence electrons. The van der Waals surface area contributed by atoms with Gasteiger partial charge in [-0.15, -0.1) is 0 Å². The average molecular weight is 586 g/mol. The van der Waals surface area contributed by atoms with E-state index >= 15 is 0 Å². The van der Waals surface area contributed by atoms with Gasteiger partial charge in [0, 0.05) is 37.3 Å². The Morgan fingerprint density at radius 2 is 1.57 bits per heavy atom. The van der Waals surface area contributed by atoms with E-state index < -0.39 is 16.6 Å². The highest BCUT2D eigenvalue weighted by Gasteiger charge is 2.33. The Balaban J connectivity index is 1.08. The van der Waals surface area contributed by atoms with Crippen LogP contribution in [-0.2, 0) is 18.6 Å². The molecule has 0 aromatic heterocycles. The molecule has 1 aliphatic rings. The van der Waals surface area contributed by atoms with Crippen molar-refractivity contribution < 1.29 is 19.6 Å². The molecule has 8 nitrogen and oxygen atoms in total. The summed E-state index contributed by atoms with van der Waals surface area (Å²) in [5, 5.41) is 25.9. The number of ether oxygens (including phenoxy) is 1. The van der Waals surface area contributed by atoms with E-state index in [9.17, 15) is 20.0 Å². The fourth-order valence-electron chi connectivity index (χ4n) is 5.20. The van der Waals surface area contributed by atoms with E-state index in [2.05, 4.69) is 22.3 Å². The number of hydrogen-bond acceptors (Lipinski definition) is 6. The molecule has 0 atom stereocenters. The van der Waals surface area contributed by atoms with Crippen LogP contribution in [0.4, 0.5) is 10.5 Å². The highest BCUT2D eigenvalue weighted by atomic mass is 35.5. The van der Waals surface area contributed by atoms with Crippen LogP contribution in [0.25, 0.3) is 11.1 Å². The van der Waals surface area contributed by atoms with Gasteiger partial charge < -0.3 is 15.2 Å². The number of carbonyl (C=O) groups is 1. The Bertz CT molecular complexity index is 1520. The number of rotatable bonds is 9. The van der Waals surface area contributed by atoms with E-state index in [0.717, 1.165) is 36.3 Å². The Labute approximate surface area is 249 Å². The Kier molecular flexibility index (Phi) is 9.17. The molecule has 0 bridgehead atoms. The van der Waals surface area contributed by atoms with Gasteiger partial charge in [0.25, 0.3) is 0 Å². The first-order chi connectivity index (χ1) is 20.3. The van der Waals surface area contributed by atoms with Crippen LogP contribution in [0.2, 0.25) is 5.02 Å². The third-order valence-electron chi connectivity index (χ3n) is 7.64. The first-order valence-electron chi connectivity index (χ1n) is 13.9. The van der Waals surface area contributed by atoms with Crippen LogP contribution < -0.4 is 10.1 Å². The molecule has 42 heavy (non-hydrogen) atoms. The fourth-order valence-corrected chi connectivity index (χ4v) is 5.33. The van der Waals surface area contributed by atoms with Crippen LogP contribution in [0.1, 0.15) is 29.5 Å². The van der Waals surface area contributed by atoms with Gasteiger partial charge in [-0.25, -0.2) is 4.79 Å². The number of likely N-dealkylation sites (tertiary alicyclic amines) is 1. The third kappa shape index (κ3) is 7.33. The van der Waals surface area contributed by atoms with Crippen molar-refractivity contribution >= 4 is 23.4 Å². The van der Waals surface area contributed by atoms with E-state index in [-0.39, 0.29) is 11.4 Å². The second kappa shape index (κ2) is 13.2. The van der Waals surface area contributed by atoms with Crippen LogP contribution >= 0.6 is 11.6 Å². The second-order valence-corrected chi connectivity index (χ2v) is 10.9. The predicted molar refractivity (Wildman–Crippen MR) is 163 cm³/mol. The molecule has 1 saturated heterocycles. The van der Waals surface area contributed by atoms with E-state index in [0.29, 0.717) is 36.4 Å². The minimum atomic E-state index is -0.762. The van der Waals surface area contributed by atoms with Crippen LogP contribution in [0.3, 0.4) is 0 Å². The number of halogens is 1. The Morgan fingerprint density at radius 3 is 2.24 bits per heavy atom. The maximum absolute atomic E-state index is 12.4. The van der Waals surface area contributed by atoms with E-state index in [1.807, 2.05) is 42.5 Å². The summed E-state index contributed by atoms with van der Waals surface area (Å²) in [5.41, 5.74) is 3.53. The molecule has 5 rings (SSSR count). The standard InChI is InChI=1S/C33H32ClN3O5/c34-29-13-10-26(11-14-29)27-12-15-31(30(22-27)37(40)41)42-32(38)35-19-16-24-6-8-25(9-7-24)23-36-20-17-33(39,18-21-36)28-4-2-1-3-5-28/h1-15,22,39H,16-21,23H2,(H,35,38). The highest BCUT2D eigenvalue weighted by molar-refractivity contribution is 6.30. The molecule has 1 heterocycles. The number of nitro groups is 1.